The summed E-state index contributed by atoms with van der Waals surface area (Å²) in [6, 6.07) is 59.9. The third-order valence-electron chi connectivity index (χ3n) is 10.0. The van der Waals surface area contributed by atoms with Gasteiger partial charge in [-0.25, -0.2) is 4.98 Å². The summed E-state index contributed by atoms with van der Waals surface area (Å²) in [7, 11) is 0. The van der Waals surface area contributed by atoms with Crippen LogP contribution in [0.2, 0.25) is 0 Å². The van der Waals surface area contributed by atoms with E-state index in [-0.39, 0.29) is 30.1 Å². The highest BCUT2D eigenvalue weighted by atomic mass is 15.2. The van der Waals surface area contributed by atoms with Crippen LogP contribution in [-0.4, -0.2) is 19.5 Å². The summed E-state index contributed by atoms with van der Waals surface area (Å²) in [4.78, 5) is 15.5. The molecule has 0 bridgehead atoms. The highest BCUT2D eigenvalue weighted by Crippen LogP contribution is 2.39. The fourth-order valence-electron chi connectivity index (χ4n) is 7.38. The summed E-state index contributed by atoms with van der Waals surface area (Å²) < 4.78 is 37.9. The van der Waals surface area contributed by atoms with Crippen molar-refractivity contribution in [3.8, 4) is 73.2 Å². The second-order valence-electron chi connectivity index (χ2n) is 13.3. The van der Waals surface area contributed by atoms with E-state index in [4.69, 9.17) is 17.7 Å². The largest absolute Gasteiger partial charge is 0.277 e. The van der Waals surface area contributed by atoms with Gasteiger partial charge in [0.2, 0.25) is 5.95 Å². The number of fused-ring (bicyclic) bond motifs is 3. The number of nitrogens with zero attached hydrogens (tertiary/aromatic N) is 4. The van der Waals surface area contributed by atoms with Gasteiger partial charge in [-0.1, -0.05) is 200 Å². The first-order chi connectivity index (χ1) is 28.9. The fourth-order valence-corrected chi connectivity index (χ4v) is 7.38. The Hall–Kier alpha value is -7.43. The minimum atomic E-state index is -0.333. The molecule has 0 spiro atoms. The lowest BCUT2D eigenvalue weighted by atomic mass is 9.98. The van der Waals surface area contributed by atoms with Crippen molar-refractivity contribution in [1.29, 1.82) is 0 Å². The minimum absolute atomic E-state index is 0.123. The molecule has 8 aromatic carbocycles. The first-order valence-electron chi connectivity index (χ1n) is 20.2. The van der Waals surface area contributed by atoms with E-state index in [0.29, 0.717) is 33.5 Å². The number of hydrogen-bond acceptors (Lipinski definition) is 3. The van der Waals surface area contributed by atoms with E-state index in [0.717, 1.165) is 55.6 Å². The molecule has 0 aliphatic heterocycles. The van der Waals surface area contributed by atoms with Crippen molar-refractivity contribution in [2.45, 2.75) is 0 Å². The van der Waals surface area contributed by atoms with Crippen LogP contribution in [0.3, 0.4) is 0 Å². The van der Waals surface area contributed by atoms with E-state index in [2.05, 4.69) is 78.9 Å². The van der Waals surface area contributed by atoms with Crippen LogP contribution in [0.1, 0.15) is 5.48 Å². The second kappa shape index (κ2) is 13.8. The summed E-state index contributed by atoms with van der Waals surface area (Å²) in [5, 5.41) is 1.06. The fraction of sp³-hybridized carbons (Fsp3) is 0. The van der Waals surface area contributed by atoms with Crippen molar-refractivity contribution in [2.24, 2.45) is 0 Å². The molecule has 0 saturated carbocycles. The molecule has 0 amide bonds. The molecule has 2 aromatic heterocycles. The number of hydrogen-bond donors (Lipinski definition) is 0. The smallest absolute Gasteiger partial charge is 0.238 e. The molecule has 10 aromatic rings. The molecule has 0 aliphatic rings. The van der Waals surface area contributed by atoms with Gasteiger partial charge in [-0.3, -0.25) is 4.57 Å². The standard InChI is InChI=1S/C51H34N4/c1-4-15-35(16-5-1)37-27-31-40(32-28-37)43-24-14-25-45-44-22-12-13-26-47(44)55(48(43)45)51-53-49(41-33-29-38(30-34-41)36-17-6-2-7-18-36)52-50(54-51)46-23-11-10-21-42(46)39-19-8-3-9-20-39/h1-34H/i12D,13D,22D,26D. The van der Waals surface area contributed by atoms with Gasteiger partial charge in [-0.05, 0) is 45.0 Å². The average Bonchev–Trinajstić information content (AvgIpc) is 3.67. The van der Waals surface area contributed by atoms with Gasteiger partial charge in [0.15, 0.2) is 11.6 Å². The molecular weight excluding hydrogens is 669 g/mol. The molecule has 0 radical (unpaired) electrons. The molecule has 4 heteroatoms. The zero-order valence-electron chi connectivity index (χ0n) is 33.6. The van der Waals surface area contributed by atoms with Crippen molar-refractivity contribution >= 4 is 21.8 Å². The molecule has 10 rings (SSSR count). The predicted molar refractivity (Wildman–Crippen MR) is 227 cm³/mol. The summed E-state index contributed by atoms with van der Waals surface area (Å²) in [6.07, 6.45) is 0. The summed E-state index contributed by atoms with van der Waals surface area (Å²) in [5.41, 5.74) is 10.5. The maximum Gasteiger partial charge on any atom is 0.238 e. The molecule has 258 valence electrons. The molecule has 0 atom stereocenters. The van der Waals surface area contributed by atoms with Crippen LogP contribution in [0.25, 0.3) is 95.0 Å². The van der Waals surface area contributed by atoms with Gasteiger partial charge in [0.05, 0.1) is 16.5 Å². The van der Waals surface area contributed by atoms with Crippen LogP contribution in [0, 0.1) is 0 Å². The SMILES string of the molecule is [2H]c1c([2H])c([2H])c2c(c1[2H])c1cccc(-c3ccc(-c4ccccc4)cc3)c1n2-c1nc(-c2ccc(-c3ccccc3)cc2)nc(-c2ccccc2-c2ccccc2)n1. The third kappa shape index (κ3) is 5.96. The number of benzene rings is 8. The number of aromatic nitrogens is 4. The first-order valence-corrected chi connectivity index (χ1v) is 18.2. The van der Waals surface area contributed by atoms with Gasteiger partial charge in [-0.2, -0.15) is 9.97 Å². The molecule has 0 unspecified atom stereocenters. The molecule has 0 saturated heterocycles. The topological polar surface area (TPSA) is 43.6 Å². The zero-order chi connectivity index (χ0) is 40.0. The van der Waals surface area contributed by atoms with Crippen molar-refractivity contribution in [1.82, 2.24) is 19.5 Å². The molecular formula is C51H34N4. The average molecular weight is 707 g/mol. The predicted octanol–water partition coefficient (Wildman–Crippen LogP) is 13.0. The van der Waals surface area contributed by atoms with Crippen LogP contribution in [0.15, 0.2) is 206 Å². The van der Waals surface area contributed by atoms with Crippen LogP contribution in [0.4, 0.5) is 0 Å². The molecule has 2 heterocycles. The Morgan fingerprint density at radius 1 is 0.345 bits per heavy atom. The van der Waals surface area contributed by atoms with Crippen molar-refractivity contribution < 1.29 is 5.48 Å². The number of para-hydroxylation sites is 2. The Bertz CT molecular complexity index is 3170. The lowest BCUT2D eigenvalue weighted by molar-refractivity contribution is 0.954. The second-order valence-corrected chi connectivity index (χ2v) is 13.3. The highest BCUT2D eigenvalue weighted by Gasteiger charge is 2.21. The maximum atomic E-state index is 9.35. The van der Waals surface area contributed by atoms with Crippen LogP contribution < -0.4 is 0 Å². The van der Waals surface area contributed by atoms with Crippen molar-refractivity contribution in [3.05, 3.63) is 206 Å². The van der Waals surface area contributed by atoms with Crippen LogP contribution in [-0.2, 0) is 0 Å². The summed E-state index contributed by atoms with van der Waals surface area (Å²) in [5.74, 6) is 1.09. The van der Waals surface area contributed by atoms with E-state index in [9.17, 15) is 2.74 Å². The molecule has 55 heavy (non-hydrogen) atoms. The molecule has 0 fully saturated rings. The van der Waals surface area contributed by atoms with Gasteiger partial charge < -0.3 is 0 Å². The maximum absolute atomic E-state index is 9.35. The van der Waals surface area contributed by atoms with Gasteiger partial charge >= 0.3 is 0 Å². The van der Waals surface area contributed by atoms with E-state index in [1.165, 1.54) is 0 Å². The van der Waals surface area contributed by atoms with Crippen LogP contribution >= 0.6 is 0 Å². The van der Waals surface area contributed by atoms with Gasteiger partial charge in [-0.15, -0.1) is 0 Å². The van der Waals surface area contributed by atoms with E-state index in [1.54, 1.807) is 4.57 Å². The normalized spacial score (nSPS) is 12.3. The Morgan fingerprint density at radius 2 is 0.818 bits per heavy atom. The Morgan fingerprint density at radius 3 is 1.47 bits per heavy atom. The first kappa shape index (κ1) is 28.1. The van der Waals surface area contributed by atoms with E-state index < -0.39 is 0 Å². The van der Waals surface area contributed by atoms with Crippen LogP contribution in [0.5, 0.6) is 0 Å². The van der Waals surface area contributed by atoms with Gasteiger partial charge in [0.1, 0.15) is 0 Å². The molecule has 0 N–H and O–H groups in total. The quantitative estimate of drug-likeness (QED) is 0.166. The highest BCUT2D eigenvalue weighted by molar-refractivity contribution is 6.13. The third-order valence-corrected chi connectivity index (χ3v) is 10.0. The lowest BCUT2D eigenvalue weighted by Gasteiger charge is -2.15. The molecule has 4 nitrogen and oxygen atoms in total. The zero-order valence-corrected chi connectivity index (χ0v) is 29.6. The monoisotopic (exact) mass is 706 g/mol. The Kier molecular flexibility index (Phi) is 7.08. The van der Waals surface area contributed by atoms with E-state index >= 15 is 0 Å². The van der Waals surface area contributed by atoms with E-state index in [1.807, 2.05) is 103 Å². The van der Waals surface area contributed by atoms with Crippen molar-refractivity contribution in [3.63, 3.8) is 0 Å². The molecule has 0 aliphatic carbocycles. The van der Waals surface area contributed by atoms with Gasteiger partial charge in [0.25, 0.3) is 0 Å². The Labute approximate surface area is 325 Å². The van der Waals surface area contributed by atoms with Crippen molar-refractivity contribution in [2.75, 3.05) is 0 Å². The Balaban J connectivity index is 1.27. The summed E-state index contributed by atoms with van der Waals surface area (Å²) in [6.45, 7) is 0. The minimum Gasteiger partial charge on any atom is -0.277 e. The summed E-state index contributed by atoms with van der Waals surface area (Å²) >= 11 is 0. The van der Waals surface area contributed by atoms with Gasteiger partial charge in [0, 0.05) is 27.5 Å². The number of rotatable bonds is 7. The lowest BCUT2D eigenvalue weighted by Crippen LogP contribution is -2.07.